The van der Waals surface area contributed by atoms with Gasteiger partial charge in [-0.15, -0.1) is 11.3 Å². The lowest BCUT2D eigenvalue weighted by Gasteiger charge is -2.15. The van der Waals surface area contributed by atoms with E-state index in [0.717, 1.165) is 25.1 Å². The number of hydrogen-bond acceptors (Lipinski definition) is 4. The average molecular weight is 226 g/mol. The number of ether oxygens (including phenoxy) is 1. The highest BCUT2D eigenvalue weighted by Gasteiger charge is 2.23. The molecule has 1 aromatic rings. The maximum atomic E-state index is 6.05. The Balaban J connectivity index is 2.21. The predicted octanol–water partition coefficient (Wildman–Crippen LogP) is 2.23. The van der Waals surface area contributed by atoms with Crippen LogP contribution in [0, 0.1) is 0 Å². The first-order valence-electron chi connectivity index (χ1n) is 5.46. The number of fused-ring (bicyclic) bond motifs is 1. The van der Waals surface area contributed by atoms with E-state index in [4.69, 9.17) is 10.5 Å². The summed E-state index contributed by atoms with van der Waals surface area (Å²) in [6, 6.07) is 0.161. The van der Waals surface area contributed by atoms with Crippen molar-refractivity contribution < 1.29 is 4.74 Å². The summed E-state index contributed by atoms with van der Waals surface area (Å²) in [5.41, 5.74) is 7.19. The summed E-state index contributed by atoms with van der Waals surface area (Å²) < 4.78 is 5.15. The summed E-state index contributed by atoms with van der Waals surface area (Å²) in [4.78, 5) is 6.06. The van der Waals surface area contributed by atoms with Crippen LogP contribution < -0.4 is 5.73 Å². The number of aromatic nitrogens is 1. The SMILES string of the molecule is COCC(C)c1nc2c(s1)CCCC2N. The fourth-order valence-electron chi connectivity index (χ4n) is 2.00. The van der Waals surface area contributed by atoms with Crippen LogP contribution in [0.25, 0.3) is 0 Å². The highest BCUT2D eigenvalue weighted by molar-refractivity contribution is 7.11. The number of hydrogen-bond donors (Lipinski definition) is 1. The quantitative estimate of drug-likeness (QED) is 0.859. The molecule has 0 aromatic carbocycles. The number of nitrogens with zero attached hydrogens (tertiary/aromatic N) is 1. The first-order chi connectivity index (χ1) is 7.22. The van der Waals surface area contributed by atoms with Gasteiger partial charge in [-0.1, -0.05) is 6.92 Å². The van der Waals surface area contributed by atoms with Crippen LogP contribution in [-0.2, 0) is 11.2 Å². The molecule has 0 fully saturated rings. The second-order valence-corrected chi connectivity index (χ2v) is 5.33. The normalized spacial score (nSPS) is 22.5. The highest BCUT2D eigenvalue weighted by atomic mass is 32.1. The summed E-state index contributed by atoms with van der Waals surface area (Å²) in [5.74, 6) is 0.387. The Bertz CT molecular complexity index is 337. The lowest BCUT2D eigenvalue weighted by molar-refractivity contribution is 0.184. The van der Waals surface area contributed by atoms with E-state index >= 15 is 0 Å². The first kappa shape index (κ1) is 11.0. The third-order valence-electron chi connectivity index (χ3n) is 2.85. The van der Waals surface area contributed by atoms with E-state index in [1.165, 1.54) is 16.3 Å². The van der Waals surface area contributed by atoms with Crippen LogP contribution in [0.3, 0.4) is 0 Å². The molecule has 2 unspecified atom stereocenters. The number of thiazole rings is 1. The Kier molecular flexibility index (Phi) is 3.38. The van der Waals surface area contributed by atoms with Crippen LogP contribution in [0.2, 0.25) is 0 Å². The van der Waals surface area contributed by atoms with Crippen LogP contribution in [0.5, 0.6) is 0 Å². The summed E-state index contributed by atoms with van der Waals surface area (Å²) >= 11 is 1.82. The van der Waals surface area contributed by atoms with Crippen LogP contribution in [-0.4, -0.2) is 18.7 Å². The monoisotopic (exact) mass is 226 g/mol. The molecule has 15 heavy (non-hydrogen) atoms. The first-order valence-corrected chi connectivity index (χ1v) is 6.28. The molecule has 3 nitrogen and oxygen atoms in total. The minimum atomic E-state index is 0.161. The number of nitrogens with two attached hydrogens (primary N) is 1. The van der Waals surface area contributed by atoms with Gasteiger partial charge in [0, 0.05) is 23.9 Å². The molecule has 0 aliphatic heterocycles. The second kappa shape index (κ2) is 4.60. The molecule has 0 radical (unpaired) electrons. The molecule has 0 spiro atoms. The van der Waals surface area contributed by atoms with Crippen molar-refractivity contribution in [3.63, 3.8) is 0 Å². The molecule has 4 heteroatoms. The fourth-order valence-corrected chi connectivity index (χ4v) is 3.22. The zero-order valence-electron chi connectivity index (χ0n) is 9.32. The second-order valence-electron chi connectivity index (χ2n) is 4.22. The molecule has 0 bridgehead atoms. The molecule has 2 N–H and O–H groups in total. The molecule has 1 heterocycles. The maximum Gasteiger partial charge on any atom is 0.0983 e. The third kappa shape index (κ3) is 2.22. The minimum absolute atomic E-state index is 0.161. The van der Waals surface area contributed by atoms with Gasteiger partial charge in [0.2, 0.25) is 0 Å². The Hall–Kier alpha value is -0.450. The van der Waals surface area contributed by atoms with Crippen molar-refractivity contribution in [2.45, 2.75) is 38.1 Å². The molecule has 0 saturated carbocycles. The molecular weight excluding hydrogens is 208 g/mol. The van der Waals surface area contributed by atoms with Crippen molar-refractivity contribution in [2.24, 2.45) is 5.73 Å². The van der Waals surface area contributed by atoms with Crippen LogP contribution >= 0.6 is 11.3 Å². The minimum Gasteiger partial charge on any atom is -0.384 e. The molecule has 84 valence electrons. The molecule has 2 rings (SSSR count). The molecule has 2 atom stereocenters. The van der Waals surface area contributed by atoms with Crippen molar-refractivity contribution in [1.29, 1.82) is 0 Å². The number of rotatable bonds is 3. The molecular formula is C11H18N2OS. The molecule has 0 amide bonds. The summed E-state index contributed by atoms with van der Waals surface area (Å²) in [6.45, 7) is 2.89. The Labute approximate surface area is 94.7 Å². The smallest absolute Gasteiger partial charge is 0.0983 e. The van der Waals surface area contributed by atoms with Crippen LogP contribution in [0.15, 0.2) is 0 Å². The van der Waals surface area contributed by atoms with E-state index in [0.29, 0.717) is 5.92 Å². The summed E-state index contributed by atoms with van der Waals surface area (Å²) in [7, 11) is 1.73. The van der Waals surface area contributed by atoms with Crippen molar-refractivity contribution in [3.05, 3.63) is 15.6 Å². The van der Waals surface area contributed by atoms with E-state index in [9.17, 15) is 0 Å². The van der Waals surface area contributed by atoms with Gasteiger partial charge in [-0.25, -0.2) is 4.98 Å². The van der Waals surface area contributed by atoms with Gasteiger partial charge in [0.15, 0.2) is 0 Å². The van der Waals surface area contributed by atoms with Gasteiger partial charge in [0.05, 0.1) is 17.3 Å². The average Bonchev–Trinajstić information content (AvgIpc) is 2.63. The van der Waals surface area contributed by atoms with Crippen molar-refractivity contribution in [3.8, 4) is 0 Å². The Morgan fingerprint density at radius 3 is 3.13 bits per heavy atom. The maximum absolute atomic E-state index is 6.05. The standard InChI is InChI=1S/C11H18N2OS/c1-7(6-14-2)11-13-10-8(12)4-3-5-9(10)15-11/h7-8H,3-6,12H2,1-2H3. The summed E-state index contributed by atoms with van der Waals surface area (Å²) in [5, 5.41) is 1.18. The Morgan fingerprint density at radius 2 is 2.47 bits per heavy atom. The fraction of sp³-hybridized carbons (Fsp3) is 0.727. The Morgan fingerprint density at radius 1 is 1.67 bits per heavy atom. The largest absolute Gasteiger partial charge is 0.384 e. The molecule has 1 aromatic heterocycles. The summed E-state index contributed by atoms with van der Waals surface area (Å²) in [6.07, 6.45) is 3.43. The zero-order chi connectivity index (χ0) is 10.8. The van der Waals surface area contributed by atoms with Gasteiger partial charge in [-0.05, 0) is 19.3 Å². The van der Waals surface area contributed by atoms with Gasteiger partial charge in [0.1, 0.15) is 0 Å². The van der Waals surface area contributed by atoms with Crippen LogP contribution in [0.4, 0.5) is 0 Å². The van der Waals surface area contributed by atoms with E-state index in [2.05, 4.69) is 11.9 Å². The topological polar surface area (TPSA) is 48.1 Å². The van der Waals surface area contributed by atoms with Gasteiger partial charge in [0.25, 0.3) is 0 Å². The predicted molar refractivity (Wildman–Crippen MR) is 62.3 cm³/mol. The zero-order valence-corrected chi connectivity index (χ0v) is 10.1. The van der Waals surface area contributed by atoms with E-state index in [-0.39, 0.29) is 6.04 Å². The van der Waals surface area contributed by atoms with Crippen molar-refractivity contribution in [2.75, 3.05) is 13.7 Å². The molecule has 1 aliphatic carbocycles. The van der Waals surface area contributed by atoms with Crippen LogP contribution in [0.1, 0.15) is 47.3 Å². The van der Waals surface area contributed by atoms with Gasteiger partial charge < -0.3 is 10.5 Å². The lowest BCUT2D eigenvalue weighted by atomic mass is 9.99. The van der Waals surface area contributed by atoms with E-state index in [1.54, 1.807) is 7.11 Å². The van der Waals surface area contributed by atoms with E-state index in [1.807, 2.05) is 11.3 Å². The number of methoxy groups -OCH3 is 1. The third-order valence-corrected chi connectivity index (χ3v) is 4.21. The van der Waals surface area contributed by atoms with Gasteiger partial charge in [-0.3, -0.25) is 0 Å². The lowest BCUT2D eigenvalue weighted by Crippen LogP contribution is -2.16. The highest BCUT2D eigenvalue weighted by Crippen LogP contribution is 2.34. The van der Waals surface area contributed by atoms with Crippen molar-refractivity contribution >= 4 is 11.3 Å². The molecule has 0 saturated heterocycles. The van der Waals surface area contributed by atoms with Gasteiger partial charge >= 0.3 is 0 Å². The molecule has 1 aliphatic rings. The van der Waals surface area contributed by atoms with Gasteiger partial charge in [-0.2, -0.15) is 0 Å². The van der Waals surface area contributed by atoms with E-state index < -0.39 is 0 Å². The number of aryl methyl sites for hydroxylation is 1. The van der Waals surface area contributed by atoms with Crippen molar-refractivity contribution in [1.82, 2.24) is 4.98 Å².